The highest BCUT2D eigenvalue weighted by Crippen LogP contribution is 2.29. The summed E-state index contributed by atoms with van der Waals surface area (Å²) in [6.45, 7) is 3.00. The van der Waals surface area contributed by atoms with Gasteiger partial charge in [0.1, 0.15) is 4.21 Å². The van der Waals surface area contributed by atoms with Crippen LogP contribution in [0.5, 0.6) is 0 Å². The predicted octanol–water partition coefficient (Wildman–Crippen LogP) is 1.38. The highest BCUT2D eigenvalue weighted by molar-refractivity contribution is 7.91. The second kappa shape index (κ2) is 4.44. The number of thiophene rings is 1. The summed E-state index contributed by atoms with van der Waals surface area (Å²) in [7, 11) is -3.28. The van der Waals surface area contributed by atoms with E-state index in [1.54, 1.807) is 16.4 Å². The highest BCUT2D eigenvalue weighted by atomic mass is 32.2. The van der Waals surface area contributed by atoms with E-state index in [4.69, 9.17) is 5.73 Å². The lowest BCUT2D eigenvalue weighted by Crippen LogP contribution is -2.33. The van der Waals surface area contributed by atoms with E-state index in [-0.39, 0.29) is 6.04 Å². The molecule has 0 bridgehead atoms. The standard InChI is InChI=1S/C10H16N2O2S2/c1-8-3-2-6-12(8)16(13,14)10-5-4-9(7-11)15-10/h4-5,8H,2-3,6-7,11H2,1H3. The first-order chi connectivity index (χ1) is 7.55. The quantitative estimate of drug-likeness (QED) is 0.893. The summed E-state index contributed by atoms with van der Waals surface area (Å²) in [5.74, 6) is 0. The van der Waals surface area contributed by atoms with Gasteiger partial charge in [0.2, 0.25) is 0 Å². The zero-order chi connectivity index (χ0) is 11.8. The van der Waals surface area contributed by atoms with Crippen molar-refractivity contribution in [3.63, 3.8) is 0 Å². The van der Waals surface area contributed by atoms with Gasteiger partial charge in [0.15, 0.2) is 0 Å². The van der Waals surface area contributed by atoms with Crippen LogP contribution in [0, 0.1) is 0 Å². The van der Waals surface area contributed by atoms with Crippen molar-refractivity contribution in [3.8, 4) is 0 Å². The zero-order valence-electron chi connectivity index (χ0n) is 9.22. The highest BCUT2D eigenvalue weighted by Gasteiger charge is 2.33. The van der Waals surface area contributed by atoms with E-state index in [0.29, 0.717) is 17.3 Å². The molecule has 0 aromatic carbocycles. The second-order valence-electron chi connectivity index (χ2n) is 4.03. The summed E-state index contributed by atoms with van der Waals surface area (Å²) in [5, 5.41) is 0. The molecule has 0 saturated carbocycles. The Morgan fingerprint density at radius 3 is 2.81 bits per heavy atom. The van der Waals surface area contributed by atoms with E-state index in [2.05, 4.69) is 0 Å². The molecule has 16 heavy (non-hydrogen) atoms. The molecule has 2 rings (SSSR count). The van der Waals surface area contributed by atoms with Crippen LogP contribution in [0.1, 0.15) is 24.6 Å². The van der Waals surface area contributed by atoms with Crippen molar-refractivity contribution in [1.82, 2.24) is 4.31 Å². The van der Waals surface area contributed by atoms with Gasteiger partial charge in [-0.3, -0.25) is 0 Å². The molecule has 90 valence electrons. The molecule has 1 aliphatic rings. The first-order valence-electron chi connectivity index (χ1n) is 5.36. The molecule has 1 aliphatic heterocycles. The maximum Gasteiger partial charge on any atom is 0.252 e. The van der Waals surface area contributed by atoms with Crippen LogP contribution in [0.25, 0.3) is 0 Å². The van der Waals surface area contributed by atoms with Crippen LogP contribution in [0.2, 0.25) is 0 Å². The smallest absolute Gasteiger partial charge is 0.252 e. The van der Waals surface area contributed by atoms with Crippen molar-refractivity contribution >= 4 is 21.4 Å². The fraction of sp³-hybridized carbons (Fsp3) is 0.600. The van der Waals surface area contributed by atoms with E-state index in [1.165, 1.54) is 11.3 Å². The maximum atomic E-state index is 12.3. The molecular weight excluding hydrogens is 244 g/mol. The third kappa shape index (κ3) is 2.02. The van der Waals surface area contributed by atoms with Gasteiger partial charge in [-0.25, -0.2) is 8.42 Å². The lowest BCUT2D eigenvalue weighted by molar-refractivity contribution is 0.409. The van der Waals surface area contributed by atoms with Gasteiger partial charge >= 0.3 is 0 Å². The zero-order valence-corrected chi connectivity index (χ0v) is 10.9. The number of hydrogen-bond acceptors (Lipinski definition) is 4. The minimum absolute atomic E-state index is 0.119. The van der Waals surface area contributed by atoms with Crippen molar-refractivity contribution in [2.75, 3.05) is 6.54 Å². The van der Waals surface area contributed by atoms with Gasteiger partial charge in [-0.05, 0) is 31.9 Å². The minimum Gasteiger partial charge on any atom is -0.326 e. The molecule has 1 saturated heterocycles. The van der Waals surface area contributed by atoms with E-state index >= 15 is 0 Å². The van der Waals surface area contributed by atoms with Gasteiger partial charge in [0.05, 0.1) is 0 Å². The van der Waals surface area contributed by atoms with Crippen molar-refractivity contribution in [2.24, 2.45) is 5.73 Å². The fourth-order valence-electron chi connectivity index (χ4n) is 1.99. The normalized spacial score (nSPS) is 22.8. The first-order valence-corrected chi connectivity index (χ1v) is 7.62. The molecule has 1 unspecified atom stereocenters. The van der Waals surface area contributed by atoms with Crippen LogP contribution >= 0.6 is 11.3 Å². The third-order valence-electron chi connectivity index (χ3n) is 2.89. The van der Waals surface area contributed by atoms with Crippen molar-refractivity contribution in [2.45, 2.75) is 36.6 Å². The summed E-state index contributed by atoms with van der Waals surface area (Å²) < 4.78 is 26.6. The topological polar surface area (TPSA) is 63.4 Å². The van der Waals surface area contributed by atoms with Gasteiger partial charge in [-0.1, -0.05) is 0 Å². The summed E-state index contributed by atoms with van der Waals surface area (Å²) in [4.78, 5) is 0.908. The van der Waals surface area contributed by atoms with Gasteiger partial charge in [0, 0.05) is 24.0 Å². The number of hydrogen-bond donors (Lipinski definition) is 1. The largest absolute Gasteiger partial charge is 0.326 e. The van der Waals surface area contributed by atoms with Crippen LogP contribution in [0.3, 0.4) is 0 Å². The minimum atomic E-state index is -3.28. The van der Waals surface area contributed by atoms with E-state index in [9.17, 15) is 8.42 Å². The number of sulfonamides is 1. The molecule has 2 N–H and O–H groups in total. The van der Waals surface area contributed by atoms with Crippen LogP contribution in [0.15, 0.2) is 16.3 Å². The van der Waals surface area contributed by atoms with E-state index in [1.807, 2.05) is 6.92 Å². The summed E-state index contributed by atoms with van der Waals surface area (Å²) >= 11 is 1.27. The molecule has 2 heterocycles. The number of nitrogens with two attached hydrogens (primary N) is 1. The van der Waals surface area contributed by atoms with Crippen LogP contribution < -0.4 is 5.73 Å². The Morgan fingerprint density at radius 1 is 1.56 bits per heavy atom. The summed E-state index contributed by atoms with van der Waals surface area (Å²) in [6, 6.07) is 3.57. The van der Waals surface area contributed by atoms with E-state index < -0.39 is 10.0 Å². The molecule has 1 fully saturated rings. The molecule has 0 aliphatic carbocycles. The Labute approximate surface area is 100 Å². The molecule has 0 amide bonds. The van der Waals surface area contributed by atoms with Crippen LogP contribution in [-0.2, 0) is 16.6 Å². The molecule has 1 aromatic rings. The van der Waals surface area contributed by atoms with Gasteiger partial charge in [0.25, 0.3) is 10.0 Å². The number of rotatable bonds is 3. The van der Waals surface area contributed by atoms with Crippen molar-refractivity contribution in [3.05, 3.63) is 17.0 Å². The Morgan fingerprint density at radius 2 is 2.31 bits per heavy atom. The lowest BCUT2D eigenvalue weighted by atomic mass is 10.3. The van der Waals surface area contributed by atoms with Gasteiger partial charge in [-0.2, -0.15) is 4.31 Å². The molecule has 1 atom stereocenters. The summed E-state index contributed by atoms with van der Waals surface area (Å²) in [5.41, 5.74) is 5.49. The average Bonchev–Trinajstić information content (AvgIpc) is 2.85. The first kappa shape index (κ1) is 12.0. The van der Waals surface area contributed by atoms with Crippen molar-refractivity contribution in [1.29, 1.82) is 0 Å². The molecule has 0 spiro atoms. The average molecular weight is 260 g/mol. The number of nitrogens with zero attached hydrogens (tertiary/aromatic N) is 1. The Kier molecular flexibility index (Phi) is 3.34. The molecular formula is C10H16N2O2S2. The summed E-state index contributed by atoms with van der Waals surface area (Å²) in [6.07, 6.45) is 1.91. The third-order valence-corrected chi connectivity index (χ3v) is 6.48. The van der Waals surface area contributed by atoms with Gasteiger partial charge in [-0.15, -0.1) is 11.3 Å². The van der Waals surface area contributed by atoms with E-state index in [0.717, 1.165) is 17.7 Å². The molecule has 6 heteroatoms. The Hall–Kier alpha value is -0.430. The fourth-order valence-corrected chi connectivity index (χ4v) is 5.05. The second-order valence-corrected chi connectivity index (χ2v) is 7.32. The molecule has 1 aromatic heterocycles. The van der Waals surface area contributed by atoms with Gasteiger partial charge < -0.3 is 5.73 Å². The molecule has 0 radical (unpaired) electrons. The SMILES string of the molecule is CC1CCCN1S(=O)(=O)c1ccc(CN)s1. The lowest BCUT2D eigenvalue weighted by Gasteiger charge is -2.19. The Balaban J connectivity index is 2.31. The van der Waals surface area contributed by atoms with Crippen LogP contribution in [0.4, 0.5) is 0 Å². The maximum absolute atomic E-state index is 12.3. The van der Waals surface area contributed by atoms with Crippen LogP contribution in [-0.4, -0.2) is 25.3 Å². The Bertz CT molecular complexity index is 467. The van der Waals surface area contributed by atoms with Crippen molar-refractivity contribution < 1.29 is 8.42 Å². The predicted molar refractivity (Wildman–Crippen MR) is 64.8 cm³/mol. The molecule has 4 nitrogen and oxygen atoms in total. The monoisotopic (exact) mass is 260 g/mol.